The Balaban J connectivity index is 1.27. The summed E-state index contributed by atoms with van der Waals surface area (Å²) < 4.78 is 35.1. The first-order chi connectivity index (χ1) is 19.0. The Hall–Kier alpha value is -3.38. The maximum atomic E-state index is 14.1. The van der Waals surface area contributed by atoms with Crippen molar-refractivity contribution < 1.29 is 18.3 Å². The molecule has 0 bridgehead atoms. The molecule has 208 valence electrons. The Kier molecular flexibility index (Phi) is 7.55. The van der Waals surface area contributed by atoms with Gasteiger partial charge in [0.25, 0.3) is 6.43 Å². The number of anilines is 2. The molecule has 3 aliphatic rings. The predicted molar refractivity (Wildman–Crippen MR) is 144 cm³/mol. The van der Waals surface area contributed by atoms with E-state index in [0.29, 0.717) is 74.6 Å². The summed E-state index contributed by atoms with van der Waals surface area (Å²) in [4.78, 5) is 32.8. The van der Waals surface area contributed by atoms with E-state index in [2.05, 4.69) is 15.2 Å². The third-order valence-corrected chi connectivity index (χ3v) is 7.71. The first-order valence-corrected chi connectivity index (χ1v) is 13.8. The molecule has 0 spiro atoms. The van der Waals surface area contributed by atoms with Crippen molar-refractivity contribution in [2.45, 2.75) is 38.2 Å². The van der Waals surface area contributed by atoms with Crippen LogP contribution < -0.4 is 10.2 Å². The standard InChI is InChI=1S/C27H34F2N8O2/c28-25(29)26-31-20-6-2-3-7-21(20)37(26)23-16-22(32-27(33-23)35-12-14-39-15-13-35)30-19-8-11-36(17-19)24(38)18-34-9-4-1-5-10-34/h2-3,6-7,16,19,25H,1,4-5,8-15,17-18H2,(H,30,32,33)/t19-/m0/s1. The number of fused-ring (bicyclic) bond motifs is 1. The van der Waals surface area contributed by atoms with Gasteiger partial charge in [-0.1, -0.05) is 18.6 Å². The molecule has 3 aliphatic heterocycles. The Morgan fingerprint density at radius 3 is 2.62 bits per heavy atom. The number of piperidine rings is 1. The number of morpholine rings is 1. The zero-order valence-electron chi connectivity index (χ0n) is 21.9. The molecule has 0 saturated carbocycles. The van der Waals surface area contributed by atoms with Crippen LogP contribution in [0.1, 0.15) is 37.9 Å². The summed E-state index contributed by atoms with van der Waals surface area (Å²) in [5.74, 6) is 1.12. The van der Waals surface area contributed by atoms with E-state index in [1.54, 1.807) is 30.3 Å². The van der Waals surface area contributed by atoms with E-state index in [9.17, 15) is 13.6 Å². The second-order valence-corrected chi connectivity index (χ2v) is 10.4. The van der Waals surface area contributed by atoms with Crippen LogP contribution in [0.5, 0.6) is 0 Å². The lowest BCUT2D eigenvalue weighted by Crippen LogP contribution is -2.42. The fraction of sp³-hybridized carbons (Fsp3) is 0.556. The van der Waals surface area contributed by atoms with Gasteiger partial charge in [-0.3, -0.25) is 14.3 Å². The van der Waals surface area contributed by atoms with Gasteiger partial charge in [0.2, 0.25) is 11.9 Å². The number of halogens is 2. The number of aromatic nitrogens is 4. The average Bonchev–Trinajstić information content (AvgIpc) is 3.59. The molecule has 1 aromatic carbocycles. The molecule has 5 heterocycles. The predicted octanol–water partition coefficient (Wildman–Crippen LogP) is 3.09. The summed E-state index contributed by atoms with van der Waals surface area (Å²) in [6.45, 7) is 6.00. The van der Waals surface area contributed by atoms with Gasteiger partial charge in [0, 0.05) is 38.3 Å². The number of amides is 1. The molecule has 0 aliphatic carbocycles. The van der Waals surface area contributed by atoms with Crippen molar-refractivity contribution in [1.29, 1.82) is 0 Å². The number of para-hydroxylation sites is 2. The van der Waals surface area contributed by atoms with Crippen LogP contribution in [0.25, 0.3) is 16.9 Å². The second-order valence-electron chi connectivity index (χ2n) is 10.4. The highest BCUT2D eigenvalue weighted by Gasteiger charge is 2.29. The van der Waals surface area contributed by atoms with Gasteiger partial charge in [0.15, 0.2) is 5.82 Å². The van der Waals surface area contributed by atoms with Crippen molar-refractivity contribution in [2.24, 2.45) is 0 Å². The van der Waals surface area contributed by atoms with Crippen LogP contribution in [-0.2, 0) is 9.53 Å². The van der Waals surface area contributed by atoms with Crippen LogP contribution in [0.2, 0.25) is 0 Å². The first-order valence-electron chi connectivity index (χ1n) is 13.8. The number of carbonyl (C=O) groups excluding carboxylic acids is 1. The maximum Gasteiger partial charge on any atom is 0.296 e. The molecule has 10 nitrogen and oxygen atoms in total. The van der Waals surface area contributed by atoms with Crippen LogP contribution in [0.15, 0.2) is 30.3 Å². The number of rotatable bonds is 7. The van der Waals surface area contributed by atoms with E-state index in [1.807, 2.05) is 9.80 Å². The number of nitrogens with zero attached hydrogens (tertiary/aromatic N) is 7. The van der Waals surface area contributed by atoms with Gasteiger partial charge in [-0.2, -0.15) is 9.97 Å². The van der Waals surface area contributed by atoms with Crippen molar-refractivity contribution in [3.8, 4) is 5.82 Å². The molecule has 39 heavy (non-hydrogen) atoms. The molecule has 0 unspecified atom stereocenters. The fourth-order valence-corrected chi connectivity index (χ4v) is 5.67. The number of hydrogen-bond donors (Lipinski definition) is 1. The molecule has 6 rings (SSSR count). The molecular formula is C27H34F2N8O2. The average molecular weight is 541 g/mol. The maximum absolute atomic E-state index is 14.1. The van der Waals surface area contributed by atoms with Crippen LogP contribution >= 0.6 is 0 Å². The Morgan fingerprint density at radius 2 is 1.82 bits per heavy atom. The van der Waals surface area contributed by atoms with E-state index in [1.165, 1.54) is 11.0 Å². The number of alkyl halides is 2. The molecular weight excluding hydrogens is 506 g/mol. The molecule has 1 amide bonds. The zero-order valence-corrected chi connectivity index (χ0v) is 21.9. The molecule has 12 heteroatoms. The summed E-state index contributed by atoms with van der Waals surface area (Å²) in [6.07, 6.45) is 1.55. The van der Waals surface area contributed by atoms with Crippen LogP contribution in [0, 0.1) is 0 Å². The lowest BCUT2D eigenvalue weighted by Gasteiger charge is -2.28. The normalized spacial score (nSPS) is 20.7. The van der Waals surface area contributed by atoms with E-state index in [-0.39, 0.29) is 17.8 Å². The van der Waals surface area contributed by atoms with E-state index in [0.717, 1.165) is 32.4 Å². The summed E-state index contributed by atoms with van der Waals surface area (Å²) >= 11 is 0. The highest BCUT2D eigenvalue weighted by molar-refractivity contribution is 5.79. The van der Waals surface area contributed by atoms with Gasteiger partial charge in [-0.05, 0) is 44.5 Å². The van der Waals surface area contributed by atoms with Gasteiger partial charge >= 0.3 is 0 Å². The van der Waals surface area contributed by atoms with Crippen LogP contribution in [0.3, 0.4) is 0 Å². The van der Waals surface area contributed by atoms with Gasteiger partial charge < -0.3 is 19.9 Å². The van der Waals surface area contributed by atoms with Crippen molar-refractivity contribution in [1.82, 2.24) is 29.3 Å². The van der Waals surface area contributed by atoms with E-state index < -0.39 is 6.43 Å². The van der Waals surface area contributed by atoms with E-state index >= 15 is 0 Å². The molecule has 1 N–H and O–H groups in total. The third kappa shape index (κ3) is 5.67. The van der Waals surface area contributed by atoms with Crippen molar-refractivity contribution in [3.63, 3.8) is 0 Å². The summed E-state index contributed by atoms with van der Waals surface area (Å²) in [7, 11) is 0. The van der Waals surface area contributed by atoms with Gasteiger partial charge in [0.05, 0.1) is 30.8 Å². The number of imidazole rings is 1. The van der Waals surface area contributed by atoms with E-state index in [4.69, 9.17) is 14.7 Å². The minimum Gasteiger partial charge on any atom is -0.378 e. The molecule has 3 saturated heterocycles. The number of hydrogen-bond acceptors (Lipinski definition) is 8. The number of carbonyl (C=O) groups is 1. The Morgan fingerprint density at radius 1 is 1.03 bits per heavy atom. The topological polar surface area (TPSA) is 91.7 Å². The van der Waals surface area contributed by atoms with Crippen LogP contribution in [-0.4, -0.2) is 100 Å². The minimum atomic E-state index is -2.77. The van der Waals surface area contributed by atoms with Gasteiger partial charge in [-0.15, -0.1) is 0 Å². The summed E-state index contributed by atoms with van der Waals surface area (Å²) in [5, 5.41) is 3.47. The second kappa shape index (κ2) is 11.4. The minimum absolute atomic E-state index is 0.00435. The number of likely N-dealkylation sites (tertiary alicyclic amines) is 2. The Bertz CT molecular complexity index is 1310. The van der Waals surface area contributed by atoms with Gasteiger partial charge in [-0.25, -0.2) is 13.8 Å². The number of ether oxygens (including phenoxy) is 1. The summed E-state index contributed by atoms with van der Waals surface area (Å²) in [6, 6.07) is 8.76. The molecule has 3 fully saturated rings. The van der Waals surface area contributed by atoms with Crippen molar-refractivity contribution in [2.75, 3.05) is 69.2 Å². The molecule has 1 atom stereocenters. The zero-order chi connectivity index (χ0) is 26.8. The smallest absolute Gasteiger partial charge is 0.296 e. The van der Waals surface area contributed by atoms with Gasteiger partial charge in [0.1, 0.15) is 11.6 Å². The fourth-order valence-electron chi connectivity index (χ4n) is 5.67. The number of benzene rings is 1. The van der Waals surface area contributed by atoms with Crippen molar-refractivity contribution >= 4 is 28.7 Å². The lowest BCUT2D eigenvalue weighted by molar-refractivity contribution is -0.131. The highest BCUT2D eigenvalue weighted by atomic mass is 19.3. The monoisotopic (exact) mass is 540 g/mol. The Labute approximate surface area is 226 Å². The third-order valence-electron chi connectivity index (χ3n) is 7.71. The molecule has 3 aromatic rings. The highest BCUT2D eigenvalue weighted by Crippen LogP contribution is 2.29. The molecule has 0 radical (unpaired) electrons. The quantitative estimate of drug-likeness (QED) is 0.489. The lowest BCUT2D eigenvalue weighted by atomic mass is 10.1. The van der Waals surface area contributed by atoms with Crippen LogP contribution in [0.4, 0.5) is 20.5 Å². The largest absolute Gasteiger partial charge is 0.378 e. The molecule has 2 aromatic heterocycles. The first kappa shape index (κ1) is 25.9. The van der Waals surface area contributed by atoms with Crippen molar-refractivity contribution in [3.05, 3.63) is 36.2 Å². The summed E-state index contributed by atoms with van der Waals surface area (Å²) in [5.41, 5.74) is 1.04. The SMILES string of the molecule is O=C(CN1CCCCC1)N1CC[C@H](Nc2cc(-n3c(C(F)F)nc4ccccc43)nc(N3CCOCC3)n2)C1. The number of nitrogens with one attached hydrogen (secondary N) is 1.